The molecule has 0 N–H and O–H groups in total. The van der Waals surface area contributed by atoms with E-state index in [-0.39, 0.29) is 5.97 Å². The summed E-state index contributed by atoms with van der Waals surface area (Å²) >= 11 is 0. The van der Waals surface area contributed by atoms with Crippen LogP contribution in [0.2, 0.25) is 0 Å². The van der Waals surface area contributed by atoms with Crippen molar-refractivity contribution in [3.05, 3.63) is 53.1 Å². The van der Waals surface area contributed by atoms with Gasteiger partial charge in [-0.1, -0.05) is 18.2 Å². The van der Waals surface area contributed by atoms with Crippen LogP contribution in [-0.2, 0) is 4.74 Å². The minimum atomic E-state index is -0.348. The molecular weight excluding hydrogens is 296 g/mol. The number of methoxy groups -OCH3 is 3. The number of carbonyl (C=O) groups excluding carboxylic acids is 1. The van der Waals surface area contributed by atoms with Crippen molar-refractivity contribution in [2.45, 2.75) is 0 Å². The van der Waals surface area contributed by atoms with E-state index in [0.717, 1.165) is 11.1 Å². The first-order valence-corrected chi connectivity index (χ1v) is 7.01. The Kier molecular flexibility index (Phi) is 3.93. The summed E-state index contributed by atoms with van der Waals surface area (Å²) in [6.07, 6.45) is 1.77. The van der Waals surface area contributed by atoms with E-state index in [0.29, 0.717) is 28.6 Å². The van der Waals surface area contributed by atoms with Crippen LogP contribution in [0.4, 0.5) is 0 Å². The van der Waals surface area contributed by atoms with E-state index in [9.17, 15) is 4.79 Å². The van der Waals surface area contributed by atoms with Gasteiger partial charge in [-0.3, -0.25) is 0 Å². The molecule has 5 nitrogen and oxygen atoms in total. The van der Waals surface area contributed by atoms with Crippen molar-refractivity contribution < 1.29 is 23.7 Å². The highest BCUT2D eigenvalue weighted by atomic mass is 16.5. The van der Waals surface area contributed by atoms with E-state index in [1.807, 2.05) is 18.2 Å². The van der Waals surface area contributed by atoms with Crippen LogP contribution in [0, 0.1) is 0 Å². The lowest BCUT2D eigenvalue weighted by Crippen LogP contribution is -1.96. The molecule has 0 aromatic heterocycles. The number of rotatable bonds is 4. The third-order valence-corrected chi connectivity index (χ3v) is 3.60. The summed E-state index contributed by atoms with van der Waals surface area (Å²) < 4.78 is 21.3. The van der Waals surface area contributed by atoms with Gasteiger partial charge in [0.05, 0.1) is 26.9 Å². The van der Waals surface area contributed by atoms with Crippen molar-refractivity contribution in [1.82, 2.24) is 0 Å². The van der Waals surface area contributed by atoms with Crippen molar-refractivity contribution in [1.29, 1.82) is 0 Å². The predicted octanol–water partition coefficient (Wildman–Crippen LogP) is 3.38. The largest absolute Gasteiger partial charge is 0.493 e. The average molecular weight is 312 g/mol. The molecule has 0 saturated carbocycles. The molecule has 0 spiro atoms. The Morgan fingerprint density at radius 2 is 1.52 bits per heavy atom. The van der Waals surface area contributed by atoms with Gasteiger partial charge in [0.1, 0.15) is 5.76 Å². The number of benzene rings is 2. The summed E-state index contributed by atoms with van der Waals surface area (Å²) in [5.74, 6) is 1.74. The SMILES string of the molecule is COc1cc(/C=C2\OC(=O)c3ccccc32)cc(OC)c1OC. The Morgan fingerprint density at radius 1 is 0.913 bits per heavy atom. The number of cyclic esters (lactones) is 1. The van der Waals surface area contributed by atoms with Crippen LogP contribution in [0.15, 0.2) is 36.4 Å². The van der Waals surface area contributed by atoms with E-state index in [1.54, 1.807) is 45.6 Å². The quantitative estimate of drug-likeness (QED) is 0.810. The molecule has 0 saturated heterocycles. The van der Waals surface area contributed by atoms with Gasteiger partial charge in [-0.05, 0) is 29.8 Å². The number of fused-ring (bicyclic) bond motifs is 1. The van der Waals surface area contributed by atoms with E-state index < -0.39 is 0 Å². The number of ether oxygens (including phenoxy) is 4. The first kappa shape index (κ1) is 15.0. The molecule has 1 aliphatic rings. The van der Waals surface area contributed by atoms with Crippen molar-refractivity contribution in [3.63, 3.8) is 0 Å². The standard InChI is InChI=1S/C18H16O5/c1-20-15-9-11(10-16(21-2)17(15)22-3)8-14-12-6-4-5-7-13(12)18(19)23-14/h4-10H,1-3H3/b14-8-. The summed E-state index contributed by atoms with van der Waals surface area (Å²) in [5, 5.41) is 0. The van der Waals surface area contributed by atoms with Gasteiger partial charge < -0.3 is 18.9 Å². The second-order valence-corrected chi connectivity index (χ2v) is 4.90. The normalized spacial score (nSPS) is 14.4. The maximum Gasteiger partial charge on any atom is 0.344 e. The van der Waals surface area contributed by atoms with Gasteiger partial charge >= 0.3 is 5.97 Å². The zero-order valence-electron chi connectivity index (χ0n) is 13.1. The van der Waals surface area contributed by atoms with Gasteiger partial charge in [-0.15, -0.1) is 0 Å². The monoisotopic (exact) mass is 312 g/mol. The molecule has 1 aliphatic heterocycles. The van der Waals surface area contributed by atoms with Gasteiger partial charge in [0.2, 0.25) is 5.75 Å². The highest BCUT2D eigenvalue weighted by Crippen LogP contribution is 2.40. The molecule has 118 valence electrons. The van der Waals surface area contributed by atoms with Crippen molar-refractivity contribution >= 4 is 17.8 Å². The van der Waals surface area contributed by atoms with Crippen molar-refractivity contribution in [2.24, 2.45) is 0 Å². The third-order valence-electron chi connectivity index (χ3n) is 3.60. The summed E-state index contributed by atoms with van der Waals surface area (Å²) in [7, 11) is 4.66. The predicted molar refractivity (Wildman–Crippen MR) is 85.8 cm³/mol. The van der Waals surface area contributed by atoms with E-state index in [1.165, 1.54) is 0 Å². The molecule has 0 unspecified atom stereocenters. The first-order chi connectivity index (χ1) is 11.2. The fourth-order valence-electron chi connectivity index (χ4n) is 2.53. The lowest BCUT2D eigenvalue weighted by atomic mass is 10.1. The highest BCUT2D eigenvalue weighted by molar-refractivity contribution is 6.05. The average Bonchev–Trinajstić information content (AvgIpc) is 2.90. The Morgan fingerprint density at radius 3 is 2.09 bits per heavy atom. The Hall–Kier alpha value is -2.95. The summed E-state index contributed by atoms with van der Waals surface area (Å²) in [4.78, 5) is 11.9. The first-order valence-electron chi connectivity index (χ1n) is 7.01. The molecule has 0 bridgehead atoms. The van der Waals surface area contributed by atoms with Crippen LogP contribution >= 0.6 is 0 Å². The van der Waals surface area contributed by atoms with Gasteiger partial charge in [-0.2, -0.15) is 0 Å². The molecule has 1 heterocycles. The molecule has 0 radical (unpaired) electrons. The lowest BCUT2D eigenvalue weighted by Gasteiger charge is -2.13. The molecule has 0 fully saturated rings. The number of hydrogen-bond donors (Lipinski definition) is 0. The zero-order valence-corrected chi connectivity index (χ0v) is 13.1. The summed E-state index contributed by atoms with van der Waals surface area (Å²) in [6.45, 7) is 0. The van der Waals surface area contributed by atoms with Gasteiger partial charge in [0, 0.05) is 5.56 Å². The Labute approximate surface area is 134 Å². The maximum atomic E-state index is 11.9. The Bertz CT molecular complexity index is 767. The fourth-order valence-corrected chi connectivity index (χ4v) is 2.53. The van der Waals surface area contributed by atoms with Crippen molar-refractivity contribution in [3.8, 4) is 17.2 Å². The van der Waals surface area contributed by atoms with Gasteiger partial charge in [0.15, 0.2) is 11.5 Å². The topological polar surface area (TPSA) is 54.0 Å². The molecule has 5 heteroatoms. The van der Waals surface area contributed by atoms with Gasteiger partial charge in [-0.25, -0.2) is 4.79 Å². The van der Waals surface area contributed by atoms with Crippen molar-refractivity contribution in [2.75, 3.05) is 21.3 Å². The minimum absolute atomic E-state index is 0.348. The Balaban J connectivity index is 2.09. The molecule has 2 aromatic carbocycles. The lowest BCUT2D eigenvalue weighted by molar-refractivity contribution is 0.0717. The smallest absolute Gasteiger partial charge is 0.344 e. The fraction of sp³-hybridized carbons (Fsp3) is 0.167. The van der Waals surface area contributed by atoms with Crippen LogP contribution in [0.5, 0.6) is 17.2 Å². The maximum absolute atomic E-state index is 11.9. The van der Waals surface area contributed by atoms with E-state index >= 15 is 0 Å². The van der Waals surface area contributed by atoms with E-state index in [4.69, 9.17) is 18.9 Å². The summed E-state index contributed by atoms with van der Waals surface area (Å²) in [6, 6.07) is 10.9. The van der Waals surface area contributed by atoms with Crippen LogP contribution in [0.1, 0.15) is 21.5 Å². The number of esters is 1. The molecule has 23 heavy (non-hydrogen) atoms. The van der Waals surface area contributed by atoms with Crippen LogP contribution in [0.25, 0.3) is 11.8 Å². The zero-order chi connectivity index (χ0) is 16.4. The van der Waals surface area contributed by atoms with Gasteiger partial charge in [0.25, 0.3) is 0 Å². The third kappa shape index (κ3) is 2.61. The molecule has 0 amide bonds. The number of carbonyl (C=O) groups is 1. The summed E-state index contributed by atoms with van der Waals surface area (Å²) in [5.41, 5.74) is 2.11. The van der Waals surface area contributed by atoms with E-state index in [2.05, 4.69) is 0 Å². The molecular formula is C18H16O5. The van der Waals surface area contributed by atoms with Crippen LogP contribution in [0.3, 0.4) is 0 Å². The van der Waals surface area contributed by atoms with Crippen LogP contribution < -0.4 is 14.2 Å². The highest BCUT2D eigenvalue weighted by Gasteiger charge is 2.25. The molecule has 2 aromatic rings. The molecule has 3 rings (SSSR count). The van der Waals surface area contributed by atoms with Crippen LogP contribution in [-0.4, -0.2) is 27.3 Å². The second-order valence-electron chi connectivity index (χ2n) is 4.90. The number of hydrogen-bond acceptors (Lipinski definition) is 5. The minimum Gasteiger partial charge on any atom is -0.493 e. The molecule has 0 aliphatic carbocycles. The molecule has 0 atom stereocenters. The second kappa shape index (κ2) is 6.04.